The maximum atomic E-state index is 13.7. The number of carboxylic acid groups (broad SMARTS) is 1. The molecule has 15 nitrogen and oxygen atoms in total. The first kappa shape index (κ1) is 37.6. The highest BCUT2D eigenvalue weighted by atomic mass is 16.5. The lowest BCUT2D eigenvalue weighted by Crippen LogP contribution is -2.56. The molecule has 4 amide bonds. The first-order valence-corrected chi connectivity index (χ1v) is 18.8. The minimum absolute atomic E-state index is 0.0979. The number of aromatic nitrogens is 4. The Morgan fingerprint density at radius 1 is 0.818 bits per heavy atom. The average Bonchev–Trinajstić information content (AvgIpc) is 4.00. The van der Waals surface area contributed by atoms with Gasteiger partial charge in [-0.05, 0) is 53.9 Å². The maximum absolute atomic E-state index is 13.7. The molecule has 5 heterocycles. The van der Waals surface area contributed by atoms with Crippen LogP contribution in [0.5, 0.6) is 0 Å². The number of likely N-dealkylation sites (N-methyl/N-ethyl adjacent to an activating group) is 1. The molecule has 0 radical (unpaired) electrons. The largest absolute Gasteiger partial charge is 0.465 e. The molecule has 7 rings (SSSR count). The van der Waals surface area contributed by atoms with Crippen molar-refractivity contribution in [3.05, 3.63) is 72.6 Å². The second-order valence-corrected chi connectivity index (χ2v) is 14.9. The lowest BCUT2D eigenvalue weighted by Gasteiger charge is -2.36. The zero-order valence-corrected chi connectivity index (χ0v) is 31.5. The normalized spacial score (nSPS) is 19.6. The quantitative estimate of drug-likeness (QED) is 0.154. The van der Waals surface area contributed by atoms with Gasteiger partial charge >= 0.3 is 12.2 Å². The molecule has 0 bridgehead atoms. The molecule has 0 aliphatic carbocycles. The predicted octanol–water partition coefficient (Wildman–Crippen LogP) is 5.47. The number of H-pyrrole nitrogens is 2. The number of amides is 4. The minimum Gasteiger partial charge on any atom is -0.465 e. The van der Waals surface area contributed by atoms with E-state index in [0.717, 1.165) is 64.2 Å². The Morgan fingerprint density at radius 3 is 1.71 bits per heavy atom. The van der Waals surface area contributed by atoms with Gasteiger partial charge in [-0.15, -0.1) is 0 Å². The van der Waals surface area contributed by atoms with Crippen molar-refractivity contribution in [1.82, 2.24) is 40.0 Å². The Balaban J connectivity index is 1.00. The van der Waals surface area contributed by atoms with Gasteiger partial charge in [-0.1, -0.05) is 62.4 Å². The number of benzene rings is 2. The van der Waals surface area contributed by atoms with E-state index in [1.807, 2.05) is 38.1 Å². The second-order valence-electron chi connectivity index (χ2n) is 14.9. The topological polar surface area (TPSA) is 186 Å². The molecule has 55 heavy (non-hydrogen) atoms. The van der Waals surface area contributed by atoms with Gasteiger partial charge in [-0.2, -0.15) is 0 Å². The number of methoxy groups -OCH3 is 1. The summed E-state index contributed by atoms with van der Waals surface area (Å²) in [5.41, 5.74) is 5.69. The molecule has 0 saturated carbocycles. The van der Waals surface area contributed by atoms with Crippen LogP contribution >= 0.6 is 0 Å². The third-order valence-electron chi connectivity index (χ3n) is 11.1. The number of nitrogens with one attached hydrogen (secondary N) is 3. The minimum atomic E-state index is -1.13. The SMILES string of the molecule is COC(=O)N[C@H](C(=O)N1CCC[C@H]1c1ncc(-c2ccc(-c3ccc(-c4cnc([C@@H]5CCCN5C(=O)[C@H](C(C)C)N(C)C(=O)O)[nH]4)cc3)cc2)[nH]1)C1COC1. The molecule has 3 fully saturated rings. The molecule has 3 aliphatic rings. The molecule has 0 unspecified atom stereocenters. The summed E-state index contributed by atoms with van der Waals surface area (Å²) in [4.78, 5) is 71.8. The summed E-state index contributed by atoms with van der Waals surface area (Å²) >= 11 is 0. The van der Waals surface area contributed by atoms with Crippen LogP contribution in [-0.2, 0) is 19.1 Å². The van der Waals surface area contributed by atoms with E-state index in [2.05, 4.69) is 49.5 Å². The van der Waals surface area contributed by atoms with E-state index in [0.29, 0.717) is 38.0 Å². The molecule has 2 aromatic heterocycles. The molecule has 3 aliphatic heterocycles. The van der Waals surface area contributed by atoms with Crippen molar-refractivity contribution in [2.24, 2.45) is 11.8 Å². The Hall–Kier alpha value is -5.70. The Labute approximate surface area is 319 Å². The highest BCUT2D eigenvalue weighted by Gasteiger charge is 2.42. The van der Waals surface area contributed by atoms with Crippen molar-refractivity contribution < 1.29 is 33.8 Å². The first-order valence-electron chi connectivity index (χ1n) is 18.8. The van der Waals surface area contributed by atoms with Crippen molar-refractivity contribution in [2.45, 2.75) is 63.7 Å². The van der Waals surface area contributed by atoms with E-state index >= 15 is 0 Å². The van der Waals surface area contributed by atoms with E-state index < -0.39 is 24.3 Å². The van der Waals surface area contributed by atoms with E-state index in [1.165, 1.54) is 14.2 Å². The molecule has 4 N–H and O–H groups in total. The summed E-state index contributed by atoms with van der Waals surface area (Å²) in [5, 5.41) is 12.3. The number of likely N-dealkylation sites (tertiary alicyclic amines) is 2. The number of aromatic amines is 2. The predicted molar refractivity (Wildman–Crippen MR) is 202 cm³/mol. The van der Waals surface area contributed by atoms with Gasteiger partial charge in [0.05, 0.1) is 56.2 Å². The van der Waals surface area contributed by atoms with Gasteiger partial charge in [0.15, 0.2) is 0 Å². The number of ether oxygens (including phenoxy) is 2. The van der Waals surface area contributed by atoms with Crippen LogP contribution in [0.2, 0.25) is 0 Å². The number of alkyl carbamates (subject to hydrolysis) is 1. The third-order valence-corrected chi connectivity index (χ3v) is 11.1. The third kappa shape index (κ3) is 7.66. The summed E-state index contributed by atoms with van der Waals surface area (Å²) < 4.78 is 10.1. The van der Waals surface area contributed by atoms with Gasteiger partial charge in [0, 0.05) is 26.1 Å². The lowest BCUT2D eigenvalue weighted by atomic mass is 9.96. The molecule has 290 valence electrons. The molecule has 3 saturated heterocycles. The van der Waals surface area contributed by atoms with E-state index in [4.69, 9.17) is 9.47 Å². The van der Waals surface area contributed by atoms with Gasteiger partial charge in [0.2, 0.25) is 11.8 Å². The van der Waals surface area contributed by atoms with Crippen LogP contribution in [0.15, 0.2) is 60.9 Å². The molecule has 0 spiro atoms. The Morgan fingerprint density at radius 2 is 1.29 bits per heavy atom. The zero-order valence-electron chi connectivity index (χ0n) is 31.5. The monoisotopic (exact) mass is 752 g/mol. The summed E-state index contributed by atoms with van der Waals surface area (Å²) in [5.74, 6) is 0.779. The number of carbonyl (C=O) groups excluding carboxylic acids is 3. The van der Waals surface area contributed by atoms with Crippen molar-refractivity contribution in [3.63, 3.8) is 0 Å². The molecule has 4 atom stereocenters. The Kier molecular flexibility index (Phi) is 10.9. The fraction of sp³-hybridized carbons (Fsp3) is 0.450. The second kappa shape index (κ2) is 16.0. The molecular formula is C40H48N8O7. The smallest absolute Gasteiger partial charge is 0.407 e. The first-order chi connectivity index (χ1) is 26.5. The van der Waals surface area contributed by atoms with Crippen molar-refractivity contribution >= 4 is 24.0 Å². The fourth-order valence-electron chi connectivity index (χ4n) is 8.00. The highest BCUT2D eigenvalue weighted by Crippen LogP contribution is 2.36. The average molecular weight is 753 g/mol. The van der Waals surface area contributed by atoms with Crippen molar-refractivity contribution in [1.29, 1.82) is 0 Å². The van der Waals surface area contributed by atoms with Crippen LogP contribution in [0.25, 0.3) is 33.6 Å². The summed E-state index contributed by atoms with van der Waals surface area (Å²) in [6.07, 6.45) is 4.98. The molecule has 2 aromatic carbocycles. The summed E-state index contributed by atoms with van der Waals surface area (Å²) in [7, 11) is 2.73. The van der Waals surface area contributed by atoms with Gasteiger partial charge in [-0.25, -0.2) is 19.6 Å². The van der Waals surface area contributed by atoms with Crippen LogP contribution in [0.1, 0.15) is 63.3 Å². The number of hydrogen-bond acceptors (Lipinski definition) is 8. The number of nitrogens with zero attached hydrogens (tertiary/aromatic N) is 5. The van der Waals surface area contributed by atoms with Gasteiger partial charge < -0.3 is 39.7 Å². The van der Waals surface area contributed by atoms with Crippen LogP contribution in [0.4, 0.5) is 9.59 Å². The van der Waals surface area contributed by atoms with E-state index in [9.17, 15) is 24.3 Å². The number of rotatable bonds is 11. The van der Waals surface area contributed by atoms with Crippen molar-refractivity contribution in [2.75, 3.05) is 40.5 Å². The summed E-state index contributed by atoms with van der Waals surface area (Å²) in [6, 6.07) is 14.4. The van der Waals surface area contributed by atoms with Crippen molar-refractivity contribution in [3.8, 4) is 33.6 Å². The summed E-state index contributed by atoms with van der Waals surface area (Å²) in [6.45, 7) is 5.68. The molecular weight excluding hydrogens is 704 g/mol. The van der Waals surface area contributed by atoms with E-state index in [1.54, 1.807) is 22.2 Å². The van der Waals surface area contributed by atoms with Gasteiger partial charge in [0.1, 0.15) is 23.7 Å². The van der Waals surface area contributed by atoms with E-state index in [-0.39, 0.29) is 35.7 Å². The number of carbonyl (C=O) groups is 4. The van der Waals surface area contributed by atoms with Gasteiger partial charge in [-0.3, -0.25) is 14.5 Å². The molecule has 15 heteroatoms. The zero-order chi connectivity index (χ0) is 38.8. The molecule has 4 aromatic rings. The van der Waals surface area contributed by atoms with Crippen LogP contribution in [0.3, 0.4) is 0 Å². The van der Waals surface area contributed by atoms with Crippen LogP contribution in [0, 0.1) is 11.8 Å². The lowest BCUT2D eigenvalue weighted by molar-refractivity contribution is -0.142. The fourth-order valence-corrected chi connectivity index (χ4v) is 8.00. The van der Waals surface area contributed by atoms with Gasteiger partial charge in [0.25, 0.3) is 0 Å². The Bertz CT molecular complexity index is 2010. The standard InChI is InChI=1S/C40H48N8O7/c1-23(2)34(46(3)40(52)53)38(50)48-18-6-8-32(48)36-42-20-30(44-36)27-15-11-25(12-16-27)24-9-13-26(14-10-24)29-19-41-35(43-29)31-7-5-17-47(31)37(49)33(28-21-55-22-28)45-39(51)54-4/h9-16,19-20,23,28,31-34H,5-8,17-18,21-22H2,1-4H3,(H,41,43)(H,42,44)(H,45,51)(H,52,53)/t31-,32-,33-,34-/m0/s1. The number of hydrogen-bond donors (Lipinski definition) is 4. The van der Waals surface area contributed by atoms with Crippen LogP contribution < -0.4 is 5.32 Å². The number of imidazole rings is 2. The maximum Gasteiger partial charge on any atom is 0.407 e. The highest BCUT2D eigenvalue weighted by molar-refractivity contribution is 5.87. The van der Waals surface area contributed by atoms with Crippen LogP contribution in [-0.4, -0.2) is 116 Å².